The molecule has 1 aliphatic rings. The van der Waals surface area contributed by atoms with E-state index in [4.69, 9.17) is 10.00 Å². The number of rotatable bonds is 7. The standard InChI is InChI=1S/C18H26N2O/c1-18(2,13-19)11-4-5-12-21-17-8-6-7-14-15(17)9-10-16(14)20-3/h6-8,16,20H,4-5,9-12H2,1-3H3. The van der Waals surface area contributed by atoms with Crippen LogP contribution in [0.2, 0.25) is 0 Å². The summed E-state index contributed by atoms with van der Waals surface area (Å²) < 4.78 is 5.98. The largest absolute Gasteiger partial charge is 0.493 e. The van der Waals surface area contributed by atoms with Crippen molar-refractivity contribution in [2.24, 2.45) is 5.41 Å². The molecule has 0 spiro atoms. The van der Waals surface area contributed by atoms with Crippen LogP contribution in [-0.4, -0.2) is 13.7 Å². The summed E-state index contributed by atoms with van der Waals surface area (Å²) in [5.74, 6) is 1.05. The van der Waals surface area contributed by atoms with Gasteiger partial charge in [-0.1, -0.05) is 12.1 Å². The fourth-order valence-electron chi connectivity index (χ4n) is 2.96. The van der Waals surface area contributed by atoms with Crippen molar-refractivity contribution >= 4 is 0 Å². The van der Waals surface area contributed by atoms with Crippen LogP contribution in [0.5, 0.6) is 5.75 Å². The Balaban J connectivity index is 1.83. The van der Waals surface area contributed by atoms with Gasteiger partial charge in [0.05, 0.1) is 18.1 Å². The summed E-state index contributed by atoms with van der Waals surface area (Å²) in [5, 5.41) is 12.4. The van der Waals surface area contributed by atoms with E-state index in [1.165, 1.54) is 11.1 Å². The van der Waals surface area contributed by atoms with Gasteiger partial charge in [0.2, 0.25) is 0 Å². The van der Waals surface area contributed by atoms with E-state index in [-0.39, 0.29) is 5.41 Å². The van der Waals surface area contributed by atoms with Gasteiger partial charge < -0.3 is 10.1 Å². The van der Waals surface area contributed by atoms with E-state index in [1.54, 1.807) is 0 Å². The van der Waals surface area contributed by atoms with Crippen molar-refractivity contribution in [1.82, 2.24) is 5.32 Å². The lowest BCUT2D eigenvalue weighted by Gasteiger charge is -2.15. The zero-order valence-corrected chi connectivity index (χ0v) is 13.4. The maximum Gasteiger partial charge on any atom is 0.122 e. The second kappa shape index (κ2) is 6.95. The predicted octanol–water partition coefficient (Wildman–Crippen LogP) is 3.99. The normalized spacial score (nSPS) is 17.3. The van der Waals surface area contributed by atoms with E-state index < -0.39 is 0 Å². The van der Waals surface area contributed by atoms with Gasteiger partial charge in [0.25, 0.3) is 0 Å². The molecule has 3 nitrogen and oxygen atoms in total. The van der Waals surface area contributed by atoms with E-state index in [0.29, 0.717) is 6.04 Å². The third-order valence-corrected chi connectivity index (χ3v) is 4.33. The SMILES string of the molecule is CNC1CCc2c(OCCCCC(C)(C)C#N)cccc21. The average Bonchev–Trinajstić information content (AvgIpc) is 2.90. The molecule has 114 valence electrons. The molecule has 0 saturated carbocycles. The molecule has 0 radical (unpaired) electrons. The minimum atomic E-state index is -0.214. The highest BCUT2D eigenvalue weighted by molar-refractivity contribution is 5.45. The quantitative estimate of drug-likeness (QED) is 0.771. The molecule has 1 N–H and O–H groups in total. The van der Waals surface area contributed by atoms with Crippen LogP contribution in [0.15, 0.2) is 18.2 Å². The second-order valence-electron chi connectivity index (χ2n) is 6.51. The molecule has 0 heterocycles. The van der Waals surface area contributed by atoms with Crippen molar-refractivity contribution in [1.29, 1.82) is 5.26 Å². The molecule has 0 bridgehead atoms. The number of hydrogen-bond donors (Lipinski definition) is 1. The van der Waals surface area contributed by atoms with Gasteiger partial charge in [0, 0.05) is 6.04 Å². The lowest BCUT2D eigenvalue weighted by atomic mass is 9.89. The van der Waals surface area contributed by atoms with Crippen LogP contribution in [0.4, 0.5) is 0 Å². The summed E-state index contributed by atoms with van der Waals surface area (Å²) >= 11 is 0. The van der Waals surface area contributed by atoms with E-state index >= 15 is 0 Å². The number of ether oxygens (including phenoxy) is 1. The smallest absolute Gasteiger partial charge is 0.122 e. The number of nitriles is 1. The molecule has 1 aromatic rings. The Kier molecular flexibility index (Phi) is 5.25. The average molecular weight is 286 g/mol. The zero-order chi connectivity index (χ0) is 15.3. The molecular formula is C18H26N2O. The Labute approximate surface area is 128 Å². The first-order chi connectivity index (χ1) is 10.1. The zero-order valence-electron chi connectivity index (χ0n) is 13.4. The molecule has 1 aliphatic carbocycles. The highest BCUT2D eigenvalue weighted by atomic mass is 16.5. The Morgan fingerprint density at radius 3 is 2.90 bits per heavy atom. The third kappa shape index (κ3) is 3.98. The Morgan fingerprint density at radius 1 is 1.38 bits per heavy atom. The number of benzene rings is 1. The van der Waals surface area contributed by atoms with Crippen molar-refractivity contribution in [2.75, 3.05) is 13.7 Å². The van der Waals surface area contributed by atoms with Crippen molar-refractivity contribution in [2.45, 2.75) is 52.0 Å². The van der Waals surface area contributed by atoms with Gasteiger partial charge in [-0.05, 0) is 70.2 Å². The van der Waals surface area contributed by atoms with Crippen molar-refractivity contribution < 1.29 is 4.74 Å². The van der Waals surface area contributed by atoms with Gasteiger partial charge in [-0.15, -0.1) is 0 Å². The van der Waals surface area contributed by atoms with E-state index in [2.05, 4.69) is 29.6 Å². The van der Waals surface area contributed by atoms with Crippen LogP contribution in [0, 0.1) is 16.7 Å². The third-order valence-electron chi connectivity index (χ3n) is 4.33. The summed E-state index contributed by atoms with van der Waals surface area (Å²) in [6, 6.07) is 9.19. The molecule has 0 aromatic heterocycles. The number of fused-ring (bicyclic) bond motifs is 1. The molecule has 1 aromatic carbocycles. The predicted molar refractivity (Wildman–Crippen MR) is 85.3 cm³/mol. The number of nitrogens with one attached hydrogen (secondary N) is 1. The number of hydrogen-bond acceptors (Lipinski definition) is 3. The molecule has 0 saturated heterocycles. The Hall–Kier alpha value is -1.53. The summed E-state index contributed by atoms with van der Waals surface area (Å²) in [4.78, 5) is 0. The summed E-state index contributed by atoms with van der Waals surface area (Å²) in [7, 11) is 2.02. The van der Waals surface area contributed by atoms with Gasteiger partial charge in [-0.25, -0.2) is 0 Å². The van der Waals surface area contributed by atoms with Crippen LogP contribution >= 0.6 is 0 Å². The molecular weight excluding hydrogens is 260 g/mol. The molecule has 21 heavy (non-hydrogen) atoms. The maximum atomic E-state index is 9.00. The van der Waals surface area contributed by atoms with Gasteiger partial charge in [0.15, 0.2) is 0 Å². The second-order valence-corrected chi connectivity index (χ2v) is 6.51. The van der Waals surface area contributed by atoms with Crippen LogP contribution < -0.4 is 10.1 Å². The van der Waals surface area contributed by atoms with Crippen LogP contribution in [0.25, 0.3) is 0 Å². The molecule has 2 rings (SSSR count). The molecule has 1 unspecified atom stereocenters. The minimum Gasteiger partial charge on any atom is -0.493 e. The molecule has 3 heteroatoms. The molecule has 0 amide bonds. The molecule has 0 aliphatic heterocycles. The lowest BCUT2D eigenvalue weighted by molar-refractivity contribution is 0.292. The van der Waals surface area contributed by atoms with E-state index in [9.17, 15) is 0 Å². The fraction of sp³-hybridized carbons (Fsp3) is 0.611. The van der Waals surface area contributed by atoms with Gasteiger partial charge in [-0.2, -0.15) is 5.26 Å². The summed E-state index contributed by atoms with van der Waals surface area (Å²) in [5.41, 5.74) is 2.54. The summed E-state index contributed by atoms with van der Waals surface area (Å²) in [6.45, 7) is 4.73. The highest BCUT2D eigenvalue weighted by Gasteiger charge is 2.23. The summed E-state index contributed by atoms with van der Waals surface area (Å²) in [6.07, 6.45) is 5.22. The Bertz CT molecular complexity index is 516. The van der Waals surface area contributed by atoms with E-state index in [1.807, 2.05) is 20.9 Å². The van der Waals surface area contributed by atoms with Crippen LogP contribution in [-0.2, 0) is 6.42 Å². The van der Waals surface area contributed by atoms with Crippen molar-refractivity contribution in [3.8, 4) is 11.8 Å². The molecule has 1 atom stereocenters. The van der Waals surface area contributed by atoms with Gasteiger partial charge >= 0.3 is 0 Å². The molecule has 0 fully saturated rings. The monoisotopic (exact) mass is 286 g/mol. The van der Waals surface area contributed by atoms with Crippen LogP contribution in [0.1, 0.15) is 56.7 Å². The first kappa shape index (κ1) is 15.9. The van der Waals surface area contributed by atoms with Crippen molar-refractivity contribution in [3.05, 3.63) is 29.3 Å². The topological polar surface area (TPSA) is 45.0 Å². The lowest BCUT2D eigenvalue weighted by Crippen LogP contribution is -2.12. The van der Waals surface area contributed by atoms with Gasteiger partial charge in [-0.3, -0.25) is 0 Å². The first-order valence-corrected chi connectivity index (χ1v) is 7.90. The van der Waals surface area contributed by atoms with Crippen LogP contribution in [0.3, 0.4) is 0 Å². The minimum absolute atomic E-state index is 0.214. The van der Waals surface area contributed by atoms with Crippen molar-refractivity contribution in [3.63, 3.8) is 0 Å². The fourth-order valence-corrected chi connectivity index (χ4v) is 2.96. The highest BCUT2D eigenvalue weighted by Crippen LogP contribution is 2.36. The van der Waals surface area contributed by atoms with E-state index in [0.717, 1.165) is 44.5 Å². The first-order valence-electron chi connectivity index (χ1n) is 7.90. The number of unbranched alkanes of at least 4 members (excludes halogenated alkanes) is 1. The van der Waals surface area contributed by atoms with Gasteiger partial charge in [0.1, 0.15) is 5.75 Å². The Morgan fingerprint density at radius 2 is 2.19 bits per heavy atom. The number of nitrogens with zero attached hydrogens (tertiary/aromatic N) is 1. The maximum absolute atomic E-state index is 9.00.